The van der Waals surface area contributed by atoms with Crippen LogP contribution in [0.4, 0.5) is 0 Å². The molecule has 3 nitrogen and oxygen atoms in total. The molecule has 216 valence electrons. The van der Waals surface area contributed by atoms with Gasteiger partial charge < -0.3 is 4.43 Å². The largest absolute Gasteiger partial charge is 0.414 e. The van der Waals surface area contributed by atoms with Crippen LogP contribution in [0.25, 0.3) is 0 Å². The van der Waals surface area contributed by atoms with Gasteiger partial charge in [0.1, 0.15) is 0 Å². The second-order valence-electron chi connectivity index (χ2n) is 15.4. The normalized spacial score (nSPS) is 35.8. The molecule has 7 atom stereocenters. The van der Waals surface area contributed by atoms with Crippen LogP contribution in [0.15, 0.2) is 58.5 Å². The Morgan fingerprint density at radius 3 is 2.33 bits per heavy atom. The number of hydrogen-bond acceptors (Lipinski definition) is 3. The summed E-state index contributed by atoms with van der Waals surface area (Å²) in [6.45, 7) is 19.0. The summed E-state index contributed by atoms with van der Waals surface area (Å²) in [4.78, 5) is 0.467. The van der Waals surface area contributed by atoms with E-state index in [1.165, 1.54) is 32.1 Å². The van der Waals surface area contributed by atoms with Gasteiger partial charge in [-0.3, -0.25) is 0 Å². The fourth-order valence-electron chi connectivity index (χ4n) is 8.82. The number of benzene rings is 1. The van der Waals surface area contributed by atoms with E-state index in [9.17, 15) is 8.42 Å². The molecule has 0 N–H and O–H groups in total. The molecule has 0 aromatic heterocycles. The molecule has 5 rings (SSSR count). The van der Waals surface area contributed by atoms with Crippen LogP contribution < -0.4 is 0 Å². The zero-order chi connectivity index (χ0) is 28.4. The maximum atomic E-state index is 13.2. The Morgan fingerprint density at radius 1 is 0.974 bits per heavy atom. The van der Waals surface area contributed by atoms with E-state index in [4.69, 9.17) is 4.43 Å². The third-order valence-electron chi connectivity index (χ3n) is 12.1. The molecule has 39 heavy (non-hydrogen) atoms. The summed E-state index contributed by atoms with van der Waals surface area (Å²) in [5, 5.41) is 0.242. The van der Waals surface area contributed by atoms with Gasteiger partial charge in [-0.1, -0.05) is 83.0 Å². The predicted octanol–water partition coefficient (Wildman–Crippen LogP) is 8.99. The summed E-state index contributed by atoms with van der Waals surface area (Å²) in [5.41, 5.74) is 3.74. The van der Waals surface area contributed by atoms with Crippen molar-refractivity contribution < 1.29 is 12.8 Å². The highest BCUT2D eigenvalue weighted by Crippen LogP contribution is 2.66. The molecule has 0 unspecified atom stereocenters. The Hall–Kier alpha value is -1.17. The lowest BCUT2D eigenvalue weighted by Crippen LogP contribution is -2.49. The second kappa shape index (κ2) is 9.98. The zero-order valence-electron chi connectivity index (χ0n) is 25.7. The first kappa shape index (κ1) is 29.3. The molecule has 0 spiro atoms. The lowest BCUT2D eigenvalue weighted by molar-refractivity contribution is 0.0381. The Kier molecular flexibility index (Phi) is 7.50. The van der Waals surface area contributed by atoms with E-state index in [2.05, 4.69) is 66.8 Å². The summed E-state index contributed by atoms with van der Waals surface area (Å²) in [6.07, 6.45) is 13.6. The molecule has 0 aliphatic heterocycles. The van der Waals surface area contributed by atoms with E-state index in [-0.39, 0.29) is 27.5 Å². The van der Waals surface area contributed by atoms with Gasteiger partial charge in [0.15, 0.2) is 18.2 Å². The molecular weight excluding hydrogens is 517 g/mol. The van der Waals surface area contributed by atoms with Gasteiger partial charge in [-0.2, -0.15) is 0 Å². The van der Waals surface area contributed by atoms with Crippen molar-refractivity contribution in [2.24, 2.45) is 34.5 Å². The first-order chi connectivity index (χ1) is 18.1. The number of rotatable bonds is 6. The highest BCUT2D eigenvalue weighted by molar-refractivity contribution is 7.91. The smallest absolute Gasteiger partial charge is 0.192 e. The van der Waals surface area contributed by atoms with Gasteiger partial charge in [0.25, 0.3) is 0 Å². The maximum absolute atomic E-state index is 13.2. The van der Waals surface area contributed by atoms with Crippen molar-refractivity contribution in [3.8, 4) is 0 Å². The SMILES string of the molecule is C[C@@H](CS(=O)(=O)c1ccccc1)[C@H]1CC[C@H]2C3=CC=C4C[C@@H](O[Si](C)(C)C(C)(C)C)CC[C@]4(C)[C@H]3CC[C@]12C. The van der Waals surface area contributed by atoms with Crippen LogP contribution in [-0.4, -0.2) is 28.6 Å². The molecule has 0 heterocycles. The van der Waals surface area contributed by atoms with E-state index in [0.29, 0.717) is 28.8 Å². The summed E-state index contributed by atoms with van der Waals surface area (Å²) in [5.74, 6) is 2.08. The second-order valence-corrected chi connectivity index (χ2v) is 22.2. The first-order valence-electron chi connectivity index (χ1n) is 15.5. The van der Waals surface area contributed by atoms with Gasteiger partial charge in [-0.15, -0.1) is 0 Å². The van der Waals surface area contributed by atoms with Gasteiger partial charge in [-0.25, -0.2) is 8.42 Å². The fourth-order valence-corrected chi connectivity index (χ4v) is 11.9. The van der Waals surface area contributed by atoms with Crippen LogP contribution >= 0.6 is 0 Å². The molecule has 0 saturated heterocycles. The van der Waals surface area contributed by atoms with Crippen molar-refractivity contribution in [1.29, 1.82) is 0 Å². The van der Waals surface area contributed by atoms with Crippen molar-refractivity contribution >= 4 is 18.2 Å². The molecule has 5 heteroatoms. The monoisotopic (exact) mass is 568 g/mol. The standard InChI is InChI=1S/C34H52O3SSi/c1-24(23-38(35,36)27-12-10-9-11-13-27)29-16-17-30-28-15-14-25-22-26(37-39(7,8)32(2,3)4)18-20-33(25,5)31(28)19-21-34(29,30)6/h9-15,24,26,29-31H,16-23H2,1-8H3/t24-,26-,29+,30-,31-,33-,34+/m0/s1. The molecule has 4 aliphatic carbocycles. The van der Waals surface area contributed by atoms with E-state index in [1.807, 2.05) is 18.2 Å². The Balaban J connectivity index is 1.34. The minimum Gasteiger partial charge on any atom is -0.414 e. The van der Waals surface area contributed by atoms with Gasteiger partial charge >= 0.3 is 0 Å². The van der Waals surface area contributed by atoms with Crippen molar-refractivity contribution in [2.75, 3.05) is 5.75 Å². The van der Waals surface area contributed by atoms with Crippen molar-refractivity contribution in [3.63, 3.8) is 0 Å². The van der Waals surface area contributed by atoms with Crippen molar-refractivity contribution in [3.05, 3.63) is 53.6 Å². The minimum absolute atomic E-state index is 0.163. The summed E-state index contributed by atoms with van der Waals surface area (Å²) >= 11 is 0. The molecule has 3 saturated carbocycles. The van der Waals surface area contributed by atoms with Crippen LogP contribution in [0, 0.1) is 34.5 Å². The zero-order valence-corrected chi connectivity index (χ0v) is 27.5. The molecule has 3 fully saturated rings. The lowest BCUT2D eigenvalue weighted by Gasteiger charge is -2.56. The number of allylic oxidation sites excluding steroid dienone is 3. The van der Waals surface area contributed by atoms with Crippen LogP contribution in [-0.2, 0) is 14.3 Å². The third kappa shape index (κ3) is 5.07. The van der Waals surface area contributed by atoms with Gasteiger partial charge in [0.05, 0.1) is 10.6 Å². The predicted molar refractivity (Wildman–Crippen MR) is 165 cm³/mol. The molecule has 0 amide bonds. The quantitative estimate of drug-likeness (QED) is 0.322. The molecule has 1 aromatic rings. The van der Waals surface area contributed by atoms with Crippen molar-refractivity contribution in [1.82, 2.24) is 0 Å². The highest BCUT2D eigenvalue weighted by Gasteiger charge is 2.57. The summed E-state index contributed by atoms with van der Waals surface area (Å²) in [6, 6.07) is 9.04. The van der Waals surface area contributed by atoms with Gasteiger partial charge in [0.2, 0.25) is 0 Å². The van der Waals surface area contributed by atoms with E-state index in [0.717, 1.165) is 12.8 Å². The van der Waals surface area contributed by atoms with Crippen molar-refractivity contribution in [2.45, 2.75) is 116 Å². The van der Waals surface area contributed by atoms with Gasteiger partial charge in [0, 0.05) is 6.10 Å². The maximum Gasteiger partial charge on any atom is 0.192 e. The van der Waals surface area contributed by atoms with E-state index >= 15 is 0 Å². The average molecular weight is 569 g/mol. The van der Waals surface area contributed by atoms with Crippen LogP contribution in [0.5, 0.6) is 0 Å². The van der Waals surface area contributed by atoms with Gasteiger partial charge in [-0.05, 0) is 110 Å². The molecule has 1 aromatic carbocycles. The topological polar surface area (TPSA) is 43.4 Å². The Bertz CT molecular complexity index is 1240. The van der Waals surface area contributed by atoms with Crippen LogP contribution in [0.2, 0.25) is 18.1 Å². The van der Waals surface area contributed by atoms with Crippen LogP contribution in [0.3, 0.4) is 0 Å². The molecule has 0 radical (unpaired) electrons. The Labute approximate surface area is 239 Å². The average Bonchev–Trinajstić information content (AvgIpc) is 3.21. The first-order valence-corrected chi connectivity index (χ1v) is 20.0. The fraction of sp³-hybridized carbons (Fsp3) is 0.706. The molecular formula is C34H52O3SSi. The highest BCUT2D eigenvalue weighted by atomic mass is 32.2. The van der Waals surface area contributed by atoms with E-state index in [1.54, 1.807) is 23.3 Å². The molecule has 0 bridgehead atoms. The van der Waals surface area contributed by atoms with Crippen LogP contribution in [0.1, 0.15) is 86.5 Å². The van der Waals surface area contributed by atoms with E-state index < -0.39 is 18.2 Å². The number of sulfone groups is 1. The lowest BCUT2D eigenvalue weighted by atomic mass is 9.50. The molecule has 4 aliphatic rings. The number of hydrogen-bond donors (Lipinski definition) is 0. The number of fused-ring (bicyclic) bond motifs is 5. The summed E-state index contributed by atoms with van der Waals surface area (Å²) in [7, 11) is -5.05. The minimum atomic E-state index is -3.27. The summed E-state index contributed by atoms with van der Waals surface area (Å²) < 4.78 is 33.4. The Morgan fingerprint density at radius 2 is 1.67 bits per heavy atom. The third-order valence-corrected chi connectivity index (χ3v) is 18.6.